The molecule has 0 aliphatic carbocycles. The van der Waals surface area contributed by atoms with E-state index in [1.165, 1.54) is 6.33 Å². The van der Waals surface area contributed by atoms with Gasteiger partial charge in [-0.3, -0.25) is 0 Å². The SMILES string of the molecule is CCCc1c(N)ncnc1N1CCCC(C)(O)C1. The first-order valence-corrected chi connectivity index (χ1v) is 6.60. The lowest BCUT2D eigenvalue weighted by Crippen LogP contribution is -2.46. The second kappa shape index (κ2) is 5.10. The number of nitrogens with two attached hydrogens (primary N) is 1. The Morgan fingerprint density at radius 1 is 1.50 bits per heavy atom. The molecule has 5 nitrogen and oxygen atoms in total. The molecule has 1 fully saturated rings. The monoisotopic (exact) mass is 250 g/mol. The molecule has 1 aromatic rings. The fourth-order valence-corrected chi connectivity index (χ4v) is 2.58. The number of hydrogen-bond donors (Lipinski definition) is 2. The molecule has 2 rings (SSSR count). The van der Waals surface area contributed by atoms with Gasteiger partial charge in [-0.25, -0.2) is 9.97 Å². The van der Waals surface area contributed by atoms with Gasteiger partial charge in [0, 0.05) is 18.7 Å². The third-order valence-electron chi connectivity index (χ3n) is 3.43. The summed E-state index contributed by atoms with van der Waals surface area (Å²) in [5.74, 6) is 1.45. The van der Waals surface area contributed by atoms with Crippen LogP contribution in [-0.4, -0.2) is 33.8 Å². The van der Waals surface area contributed by atoms with E-state index in [0.29, 0.717) is 12.4 Å². The van der Waals surface area contributed by atoms with Crippen molar-refractivity contribution >= 4 is 11.6 Å². The summed E-state index contributed by atoms with van der Waals surface area (Å²) in [7, 11) is 0. The number of aliphatic hydroxyl groups is 1. The molecule has 18 heavy (non-hydrogen) atoms. The number of anilines is 2. The standard InChI is InChI=1S/C13H22N4O/c1-3-5-10-11(14)15-9-16-12(10)17-7-4-6-13(2,18)8-17/h9,18H,3-8H2,1-2H3,(H2,14,15,16). The van der Waals surface area contributed by atoms with Crippen LogP contribution in [0.3, 0.4) is 0 Å². The van der Waals surface area contributed by atoms with E-state index in [2.05, 4.69) is 21.8 Å². The van der Waals surface area contributed by atoms with Gasteiger partial charge in [0.1, 0.15) is 18.0 Å². The highest BCUT2D eigenvalue weighted by atomic mass is 16.3. The highest BCUT2D eigenvalue weighted by Crippen LogP contribution is 2.28. The molecule has 5 heteroatoms. The quantitative estimate of drug-likeness (QED) is 0.847. The predicted molar refractivity (Wildman–Crippen MR) is 72.5 cm³/mol. The Balaban J connectivity index is 2.29. The molecule has 1 unspecified atom stereocenters. The lowest BCUT2D eigenvalue weighted by atomic mass is 9.95. The van der Waals surface area contributed by atoms with Crippen molar-refractivity contribution in [2.24, 2.45) is 0 Å². The van der Waals surface area contributed by atoms with Gasteiger partial charge < -0.3 is 15.7 Å². The second-order valence-corrected chi connectivity index (χ2v) is 5.33. The van der Waals surface area contributed by atoms with Crippen molar-refractivity contribution in [3.8, 4) is 0 Å². The van der Waals surface area contributed by atoms with E-state index in [1.807, 2.05) is 6.92 Å². The van der Waals surface area contributed by atoms with Gasteiger partial charge in [-0.05, 0) is 26.2 Å². The van der Waals surface area contributed by atoms with Crippen LogP contribution in [0.4, 0.5) is 11.6 Å². The smallest absolute Gasteiger partial charge is 0.137 e. The van der Waals surface area contributed by atoms with Crippen LogP contribution >= 0.6 is 0 Å². The first-order chi connectivity index (χ1) is 8.53. The van der Waals surface area contributed by atoms with Gasteiger partial charge in [0.05, 0.1) is 5.60 Å². The van der Waals surface area contributed by atoms with E-state index < -0.39 is 5.60 Å². The number of β-amino-alcohol motifs (C(OH)–C–C–N with tert-alkyl or cyclic N) is 1. The minimum Gasteiger partial charge on any atom is -0.388 e. The molecule has 3 N–H and O–H groups in total. The first-order valence-electron chi connectivity index (χ1n) is 6.60. The van der Waals surface area contributed by atoms with E-state index in [4.69, 9.17) is 5.73 Å². The molecule has 1 saturated heterocycles. The van der Waals surface area contributed by atoms with Gasteiger partial charge >= 0.3 is 0 Å². The highest BCUT2D eigenvalue weighted by Gasteiger charge is 2.30. The Morgan fingerprint density at radius 3 is 2.94 bits per heavy atom. The normalized spacial score (nSPS) is 24.3. The first kappa shape index (κ1) is 13.1. The molecule has 0 aromatic carbocycles. The summed E-state index contributed by atoms with van der Waals surface area (Å²) in [6.07, 6.45) is 5.21. The zero-order chi connectivity index (χ0) is 13.2. The Hall–Kier alpha value is -1.36. The maximum Gasteiger partial charge on any atom is 0.137 e. The van der Waals surface area contributed by atoms with Crippen molar-refractivity contribution in [3.05, 3.63) is 11.9 Å². The molecule has 1 aliphatic heterocycles. The molecule has 0 saturated carbocycles. The molecule has 1 aliphatic rings. The minimum atomic E-state index is -0.637. The van der Waals surface area contributed by atoms with Gasteiger partial charge in [-0.15, -0.1) is 0 Å². The Bertz CT molecular complexity index is 419. The van der Waals surface area contributed by atoms with Crippen molar-refractivity contribution in [2.45, 2.75) is 45.1 Å². The summed E-state index contributed by atoms with van der Waals surface area (Å²) in [5, 5.41) is 10.2. The van der Waals surface area contributed by atoms with Crippen LogP contribution in [0.1, 0.15) is 38.7 Å². The van der Waals surface area contributed by atoms with Gasteiger partial charge in [0.2, 0.25) is 0 Å². The van der Waals surface area contributed by atoms with Crippen LogP contribution in [0.15, 0.2) is 6.33 Å². The van der Waals surface area contributed by atoms with Crippen LogP contribution in [0.25, 0.3) is 0 Å². The molecule has 100 valence electrons. The van der Waals surface area contributed by atoms with E-state index in [-0.39, 0.29) is 0 Å². The molecular weight excluding hydrogens is 228 g/mol. The fraction of sp³-hybridized carbons (Fsp3) is 0.692. The van der Waals surface area contributed by atoms with Gasteiger partial charge in [0.25, 0.3) is 0 Å². The van der Waals surface area contributed by atoms with Crippen molar-refractivity contribution in [1.29, 1.82) is 0 Å². The summed E-state index contributed by atoms with van der Waals surface area (Å²) < 4.78 is 0. The molecular formula is C13H22N4O. The lowest BCUT2D eigenvalue weighted by molar-refractivity contribution is 0.0446. The van der Waals surface area contributed by atoms with Crippen LogP contribution in [0, 0.1) is 0 Å². The van der Waals surface area contributed by atoms with Crippen LogP contribution in [0.5, 0.6) is 0 Å². The van der Waals surface area contributed by atoms with Crippen LogP contribution in [0.2, 0.25) is 0 Å². The molecule has 0 spiro atoms. The second-order valence-electron chi connectivity index (χ2n) is 5.33. The largest absolute Gasteiger partial charge is 0.388 e. The van der Waals surface area contributed by atoms with Gasteiger partial charge in [0.15, 0.2) is 0 Å². The fourth-order valence-electron chi connectivity index (χ4n) is 2.58. The van der Waals surface area contributed by atoms with Crippen molar-refractivity contribution in [2.75, 3.05) is 23.7 Å². The summed E-state index contributed by atoms with van der Waals surface area (Å²) in [6.45, 7) is 5.52. The average molecular weight is 250 g/mol. The third kappa shape index (κ3) is 2.72. The molecule has 1 atom stereocenters. The highest BCUT2D eigenvalue weighted by molar-refractivity contribution is 5.57. The van der Waals surface area contributed by atoms with E-state index in [0.717, 1.165) is 43.6 Å². The summed E-state index contributed by atoms with van der Waals surface area (Å²) in [4.78, 5) is 10.6. The molecule has 0 amide bonds. The van der Waals surface area contributed by atoms with Gasteiger partial charge in [-0.2, -0.15) is 0 Å². The topological polar surface area (TPSA) is 75.3 Å². The molecule has 2 heterocycles. The number of hydrogen-bond acceptors (Lipinski definition) is 5. The van der Waals surface area contributed by atoms with E-state index >= 15 is 0 Å². The van der Waals surface area contributed by atoms with E-state index in [1.54, 1.807) is 0 Å². The molecule has 0 radical (unpaired) electrons. The maximum absolute atomic E-state index is 10.2. The number of aromatic nitrogens is 2. The number of rotatable bonds is 3. The Morgan fingerprint density at radius 2 is 2.28 bits per heavy atom. The van der Waals surface area contributed by atoms with E-state index in [9.17, 15) is 5.11 Å². The summed E-state index contributed by atoms with van der Waals surface area (Å²) in [5.41, 5.74) is 6.32. The zero-order valence-corrected chi connectivity index (χ0v) is 11.2. The number of piperidine rings is 1. The number of nitrogen functional groups attached to an aromatic ring is 1. The van der Waals surface area contributed by atoms with Crippen LogP contribution < -0.4 is 10.6 Å². The maximum atomic E-state index is 10.2. The van der Waals surface area contributed by atoms with Gasteiger partial charge in [-0.1, -0.05) is 13.3 Å². The number of nitrogens with zero attached hydrogens (tertiary/aromatic N) is 3. The minimum absolute atomic E-state index is 0.562. The molecule has 1 aromatic heterocycles. The van der Waals surface area contributed by atoms with Crippen molar-refractivity contribution < 1.29 is 5.11 Å². The summed E-state index contributed by atoms with van der Waals surface area (Å²) in [6, 6.07) is 0. The van der Waals surface area contributed by atoms with Crippen molar-refractivity contribution in [3.63, 3.8) is 0 Å². The Labute approximate surface area is 108 Å². The zero-order valence-electron chi connectivity index (χ0n) is 11.2. The lowest BCUT2D eigenvalue weighted by Gasteiger charge is -2.38. The molecule has 0 bridgehead atoms. The van der Waals surface area contributed by atoms with Crippen molar-refractivity contribution in [1.82, 2.24) is 9.97 Å². The van der Waals surface area contributed by atoms with Crippen LogP contribution in [-0.2, 0) is 6.42 Å². The third-order valence-corrected chi connectivity index (χ3v) is 3.43. The predicted octanol–water partition coefficient (Wildman–Crippen LogP) is 1.36. The Kier molecular flexibility index (Phi) is 3.71. The average Bonchev–Trinajstić information content (AvgIpc) is 2.30. The summed E-state index contributed by atoms with van der Waals surface area (Å²) >= 11 is 0.